The fraction of sp³-hybridized carbons (Fsp3) is 0.190. The zero-order valence-electron chi connectivity index (χ0n) is 16.1. The number of carbonyl (C=O) groups excluding carboxylic acids is 1. The predicted octanol–water partition coefficient (Wildman–Crippen LogP) is 4.71. The molecule has 0 aliphatic heterocycles. The van der Waals surface area contributed by atoms with Gasteiger partial charge >= 0.3 is 0 Å². The van der Waals surface area contributed by atoms with E-state index in [9.17, 15) is 4.79 Å². The summed E-state index contributed by atoms with van der Waals surface area (Å²) in [6.45, 7) is 5.47. The molecule has 0 aliphatic rings. The van der Waals surface area contributed by atoms with Crippen molar-refractivity contribution >= 4 is 34.7 Å². The van der Waals surface area contributed by atoms with Gasteiger partial charge in [-0.25, -0.2) is 4.98 Å². The highest BCUT2D eigenvalue weighted by Crippen LogP contribution is 2.21. The number of nitrogens with zero attached hydrogens (tertiary/aromatic N) is 2. The molecule has 0 saturated carbocycles. The predicted molar refractivity (Wildman–Crippen MR) is 112 cm³/mol. The second-order valence-electron chi connectivity index (χ2n) is 6.47. The van der Waals surface area contributed by atoms with Crippen LogP contribution in [0.3, 0.4) is 0 Å². The van der Waals surface area contributed by atoms with E-state index in [1.54, 1.807) is 12.3 Å². The number of rotatable bonds is 7. The third-order valence-electron chi connectivity index (χ3n) is 3.62. The van der Waals surface area contributed by atoms with Crippen LogP contribution >= 0.6 is 0 Å². The number of amides is 1. The molecule has 1 heterocycles. The number of ether oxygens (including phenoxy) is 1. The fourth-order valence-electron chi connectivity index (χ4n) is 2.49. The molecule has 3 N–H and O–H groups in total. The number of hydrogen-bond acceptors (Lipinski definition) is 6. The minimum Gasteiger partial charge on any atom is -0.491 e. The maximum atomic E-state index is 11.1. The van der Waals surface area contributed by atoms with Crippen LogP contribution in [0.25, 0.3) is 0 Å². The second kappa shape index (κ2) is 8.85. The highest BCUT2D eigenvalue weighted by Gasteiger charge is 2.03. The zero-order valence-corrected chi connectivity index (χ0v) is 16.1. The highest BCUT2D eigenvalue weighted by molar-refractivity contribution is 5.88. The van der Waals surface area contributed by atoms with Gasteiger partial charge in [-0.3, -0.25) is 4.79 Å². The summed E-state index contributed by atoms with van der Waals surface area (Å²) in [5.74, 6) is 1.86. The number of aromatic nitrogens is 2. The summed E-state index contributed by atoms with van der Waals surface area (Å²) >= 11 is 0. The zero-order chi connectivity index (χ0) is 19.9. The maximum Gasteiger partial charge on any atom is 0.229 e. The Bertz CT molecular complexity index is 924. The first-order valence-corrected chi connectivity index (χ1v) is 8.99. The molecule has 0 atom stereocenters. The number of anilines is 5. The summed E-state index contributed by atoms with van der Waals surface area (Å²) in [5.41, 5.74) is 2.46. The van der Waals surface area contributed by atoms with Gasteiger partial charge in [0.2, 0.25) is 11.9 Å². The SMILES string of the molecule is CC(=O)Nc1ccc(Nc2nccc(Nc3ccc(OC(C)C)cc3)n2)cc1. The summed E-state index contributed by atoms with van der Waals surface area (Å²) in [6.07, 6.45) is 1.82. The molecule has 3 aromatic rings. The molecular weight excluding hydrogens is 354 g/mol. The molecular formula is C21H23N5O2. The molecule has 0 bridgehead atoms. The summed E-state index contributed by atoms with van der Waals surface area (Å²) in [5, 5.41) is 9.12. The smallest absolute Gasteiger partial charge is 0.229 e. The van der Waals surface area contributed by atoms with Crippen LogP contribution in [0.1, 0.15) is 20.8 Å². The van der Waals surface area contributed by atoms with Crippen molar-refractivity contribution in [3.63, 3.8) is 0 Å². The van der Waals surface area contributed by atoms with Crippen molar-refractivity contribution in [1.82, 2.24) is 9.97 Å². The topological polar surface area (TPSA) is 88.2 Å². The van der Waals surface area contributed by atoms with E-state index in [-0.39, 0.29) is 12.0 Å². The molecule has 7 nitrogen and oxygen atoms in total. The standard InChI is InChI=1S/C21H23N5O2/c1-14(2)28-19-10-8-17(9-11-19)24-20-12-13-22-21(26-20)25-18-6-4-16(5-7-18)23-15(3)27/h4-14H,1-3H3,(H,23,27)(H2,22,24,25,26). The van der Waals surface area contributed by atoms with E-state index in [4.69, 9.17) is 4.74 Å². The van der Waals surface area contributed by atoms with Crippen LogP contribution in [0.4, 0.5) is 28.8 Å². The van der Waals surface area contributed by atoms with Crippen LogP contribution in [0.5, 0.6) is 5.75 Å². The van der Waals surface area contributed by atoms with Gasteiger partial charge < -0.3 is 20.7 Å². The molecule has 0 spiro atoms. The molecule has 28 heavy (non-hydrogen) atoms. The molecule has 7 heteroatoms. The van der Waals surface area contributed by atoms with Crippen molar-refractivity contribution in [3.8, 4) is 5.75 Å². The van der Waals surface area contributed by atoms with Gasteiger partial charge in [-0.1, -0.05) is 0 Å². The van der Waals surface area contributed by atoms with Crippen LogP contribution in [-0.2, 0) is 4.79 Å². The van der Waals surface area contributed by atoms with E-state index in [1.165, 1.54) is 6.92 Å². The first-order chi connectivity index (χ1) is 13.5. The minimum absolute atomic E-state index is 0.105. The Morgan fingerprint density at radius 3 is 2.14 bits per heavy atom. The van der Waals surface area contributed by atoms with Crippen LogP contribution in [0.2, 0.25) is 0 Å². The van der Waals surface area contributed by atoms with Gasteiger partial charge in [-0.2, -0.15) is 4.98 Å². The number of carbonyl (C=O) groups is 1. The Labute approximate surface area is 164 Å². The summed E-state index contributed by atoms with van der Waals surface area (Å²) in [4.78, 5) is 19.8. The van der Waals surface area contributed by atoms with Crippen LogP contribution in [0, 0.1) is 0 Å². The van der Waals surface area contributed by atoms with Crippen LogP contribution < -0.4 is 20.7 Å². The van der Waals surface area contributed by atoms with Crippen molar-refractivity contribution < 1.29 is 9.53 Å². The Kier molecular flexibility index (Phi) is 6.06. The average Bonchev–Trinajstić information content (AvgIpc) is 2.64. The fourth-order valence-corrected chi connectivity index (χ4v) is 2.49. The Morgan fingerprint density at radius 1 is 0.893 bits per heavy atom. The molecule has 0 aliphatic carbocycles. The second-order valence-corrected chi connectivity index (χ2v) is 6.47. The quantitative estimate of drug-likeness (QED) is 0.553. The molecule has 2 aromatic carbocycles. The lowest BCUT2D eigenvalue weighted by Crippen LogP contribution is -2.05. The molecule has 1 amide bonds. The van der Waals surface area contributed by atoms with Crippen molar-refractivity contribution in [3.05, 3.63) is 60.8 Å². The van der Waals surface area contributed by atoms with Crippen molar-refractivity contribution in [2.24, 2.45) is 0 Å². The van der Waals surface area contributed by atoms with Gasteiger partial charge in [-0.05, 0) is 68.4 Å². The Balaban J connectivity index is 1.64. The largest absolute Gasteiger partial charge is 0.491 e. The maximum absolute atomic E-state index is 11.1. The van der Waals surface area contributed by atoms with Crippen molar-refractivity contribution in [2.45, 2.75) is 26.9 Å². The summed E-state index contributed by atoms with van der Waals surface area (Å²) in [7, 11) is 0. The van der Waals surface area contributed by atoms with Crippen LogP contribution in [0.15, 0.2) is 60.8 Å². The van der Waals surface area contributed by atoms with Gasteiger partial charge in [-0.15, -0.1) is 0 Å². The van der Waals surface area contributed by atoms with Gasteiger partial charge in [0, 0.05) is 30.2 Å². The van der Waals surface area contributed by atoms with E-state index >= 15 is 0 Å². The van der Waals surface area contributed by atoms with Gasteiger partial charge in [0.25, 0.3) is 0 Å². The lowest BCUT2D eigenvalue weighted by Gasteiger charge is -2.11. The normalized spacial score (nSPS) is 10.4. The van der Waals surface area contributed by atoms with E-state index in [0.717, 1.165) is 22.8 Å². The van der Waals surface area contributed by atoms with Crippen molar-refractivity contribution in [2.75, 3.05) is 16.0 Å². The van der Waals surface area contributed by atoms with E-state index in [1.807, 2.05) is 62.4 Å². The third-order valence-corrected chi connectivity index (χ3v) is 3.62. The molecule has 0 radical (unpaired) electrons. The van der Waals surface area contributed by atoms with Gasteiger partial charge in [0.1, 0.15) is 11.6 Å². The monoisotopic (exact) mass is 377 g/mol. The molecule has 0 unspecified atom stereocenters. The van der Waals surface area contributed by atoms with Crippen LogP contribution in [-0.4, -0.2) is 22.0 Å². The molecule has 144 valence electrons. The molecule has 0 saturated heterocycles. The van der Waals surface area contributed by atoms with E-state index < -0.39 is 0 Å². The summed E-state index contributed by atoms with van der Waals surface area (Å²) < 4.78 is 5.65. The number of nitrogens with one attached hydrogen (secondary N) is 3. The molecule has 3 rings (SSSR count). The average molecular weight is 377 g/mol. The number of benzene rings is 2. The highest BCUT2D eigenvalue weighted by atomic mass is 16.5. The van der Waals surface area contributed by atoms with Gasteiger partial charge in [0.05, 0.1) is 6.10 Å². The third kappa shape index (κ3) is 5.70. The first-order valence-electron chi connectivity index (χ1n) is 8.99. The first kappa shape index (κ1) is 19.2. The Hall–Kier alpha value is -3.61. The van der Waals surface area contributed by atoms with Gasteiger partial charge in [0.15, 0.2) is 0 Å². The number of hydrogen-bond donors (Lipinski definition) is 3. The van der Waals surface area contributed by atoms with E-state index in [2.05, 4.69) is 25.9 Å². The molecule has 0 fully saturated rings. The Morgan fingerprint density at radius 2 is 1.50 bits per heavy atom. The lowest BCUT2D eigenvalue weighted by molar-refractivity contribution is -0.114. The summed E-state index contributed by atoms with van der Waals surface area (Å²) in [6, 6.07) is 16.8. The van der Waals surface area contributed by atoms with Crippen molar-refractivity contribution in [1.29, 1.82) is 0 Å². The lowest BCUT2D eigenvalue weighted by atomic mass is 10.3. The van der Waals surface area contributed by atoms with E-state index in [0.29, 0.717) is 11.8 Å². The minimum atomic E-state index is -0.105. The molecule has 1 aromatic heterocycles.